The van der Waals surface area contributed by atoms with E-state index < -0.39 is 0 Å². The zero-order chi connectivity index (χ0) is 17.5. The third kappa shape index (κ3) is 4.76. The first-order valence-electron chi connectivity index (χ1n) is 7.66. The summed E-state index contributed by atoms with van der Waals surface area (Å²) in [5, 5.41) is 0. The lowest BCUT2D eigenvalue weighted by molar-refractivity contribution is 0.0599. The molecule has 0 N–H and O–H groups in total. The van der Waals surface area contributed by atoms with Gasteiger partial charge in [0.05, 0.1) is 20.8 Å². The SMILES string of the molecule is COC(=O)c1cc(CN(C)CCOc2ccc(OC)cc2)oc1C. The molecule has 0 aliphatic heterocycles. The van der Waals surface area contributed by atoms with E-state index in [1.807, 2.05) is 31.3 Å². The number of carbonyl (C=O) groups is 1. The summed E-state index contributed by atoms with van der Waals surface area (Å²) in [4.78, 5) is 13.6. The van der Waals surface area contributed by atoms with Gasteiger partial charge >= 0.3 is 5.97 Å². The van der Waals surface area contributed by atoms with Gasteiger partial charge in [0, 0.05) is 6.54 Å². The average molecular weight is 333 g/mol. The molecule has 24 heavy (non-hydrogen) atoms. The summed E-state index contributed by atoms with van der Waals surface area (Å²) in [5.74, 6) is 2.51. The summed E-state index contributed by atoms with van der Waals surface area (Å²) in [5.41, 5.74) is 0.468. The highest BCUT2D eigenvalue weighted by Crippen LogP contribution is 2.18. The number of methoxy groups -OCH3 is 2. The lowest BCUT2D eigenvalue weighted by Gasteiger charge is -2.15. The van der Waals surface area contributed by atoms with E-state index in [0.29, 0.717) is 24.5 Å². The van der Waals surface area contributed by atoms with Gasteiger partial charge in [-0.25, -0.2) is 4.79 Å². The molecular weight excluding hydrogens is 310 g/mol. The minimum Gasteiger partial charge on any atom is -0.497 e. The average Bonchev–Trinajstić information content (AvgIpc) is 2.95. The highest BCUT2D eigenvalue weighted by molar-refractivity contribution is 5.90. The zero-order valence-corrected chi connectivity index (χ0v) is 14.5. The second kappa shape index (κ2) is 8.40. The Balaban J connectivity index is 1.80. The lowest BCUT2D eigenvalue weighted by Crippen LogP contribution is -2.23. The number of esters is 1. The molecular formula is C18H23NO5. The number of likely N-dealkylation sites (N-methyl/N-ethyl adjacent to an activating group) is 1. The van der Waals surface area contributed by atoms with Crippen LogP contribution in [0.5, 0.6) is 11.5 Å². The highest BCUT2D eigenvalue weighted by atomic mass is 16.5. The first kappa shape index (κ1) is 17.9. The second-order valence-electron chi connectivity index (χ2n) is 5.44. The topological polar surface area (TPSA) is 61.1 Å². The smallest absolute Gasteiger partial charge is 0.341 e. The molecule has 0 aliphatic carbocycles. The lowest BCUT2D eigenvalue weighted by atomic mass is 10.2. The molecule has 1 heterocycles. The largest absolute Gasteiger partial charge is 0.497 e. The Kier molecular flexibility index (Phi) is 6.26. The monoisotopic (exact) mass is 333 g/mol. The zero-order valence-electron chi connectivity index (χ0n) is 14.5. The van der Waals surface area contributed by atoms with E-state index in [0.717, 1.165) is 23.8 Å². The van der Waals surface area contributed by atoms with E-state index in [2.05, 4.69) is 4.90 Å². The number of benzene rings is 1. The molecule has 0 saturated carbocycles. The van der Waals surface area contributed by atoms with Crippen molar-refractivity contribution < 1.29 is 23.4 Å². The van der Waals surface area contributed by atoms with E-state index >= 15 is 0 Å². The Morgan fingerprint density at radius 2 is 1.83 bits per heavy atom. The molecule has 1 aromatic heterocycles. The Labute approximate surface area is 141 Å². The van der Waals surface area contributed by atoms with Crippen LogP contribution in [0.25, 0.3) is 0 Å². The first-order chi connectivity index (χ1) is 11.5. The van der Waals surface area contributed by atoms with Crippen molar-refractivity contribution >= 4 is 5.97 Å². The van der Waals surface area contributed by atoms with Gasteiger partial charge in [-0.15, -0.1) is 0 Å². The molecule has 0 spiro atoms. The van der Waals surface area contributed by atoms with Crippen LogP contribution in [0.1, 0.15) is 21.9 Å². The van der Waals surface area contributed by atoms with Gasteiger partial charge in [0.25, 0.3) is 0 Å². The summed E-state index contributed by atoms with van der Waals surface area (Å²) < 4.78 is 21.1. The van der Waals surface area contributed by atoms with Crippen LogP contribution in [0, 0.1) is 6.92 Å². The Morgan fingerprint density at radius 1 is 1.17 bits per heavy atom. The molecule has 2 aromatic rings. The maximum atomic E-state index is 11.6. The second-order valence-corrected chi connectivity index (χ2v) is 5.44. The van der Waals surface area contributed by atoms with Crippen molar-refractivity contribution in [2.75, 3.05) is 34.4 Å². The van der Waals surface area contributed by atoms with Gasteiger partial charge < -0.3 is 18.6 Å². The third-order valence-electron chi connectivity index (χ3n) is 3.60. The molecule has 0 radical (unpaired) electrons. The normalized spacial score (nSPS) is 10.7. The van der Waals surface area contributed by atoms with E-state index in [4.69, 9.17) is 18.6 Å². The number of ether oxygens (including phenoxy) is 3. The predicted molar refractivity (Wildman–Crippen MR) is 89.6 cm³/mol. The molecule has 0 fully saturated rings. The van der Waals surface area contributed by atoms with Crippen molar-refractivity contribution in [1.29, 1.82) is 0 Å². The highest BCUT2D eigenvalue weighted by Gasteiger charge is 2.16. The molecule has 0 saturated heterocycles. The standard InChI is InChI=1S/C18H23NO5/c1-13-17(18(20)22-4)11-16(24-13)12-19(2)9-10-23-15-7-5-14(21-3)6-8-15/h5-8,11H,9-10,12H2,1-4H3. The van der Waals surface area contributed by atoms with Crippen molar-refractivity contribution in [3.8, 4) is 11.5 Å². The fourth-order valence-electron chi connectivity index (χ4n) is 2.27. The van der Waals surface area contributed by atoms with Gasteiger partial charge in [-0.1, -0.05) is 0 Å². The van der Waals surface area contributed by atoms with Crippen molar-refractivity contribution in [1.82, 2.24) is 4.90 Å². The van der Waals surface area contributed by atoms with Gasteiger partial charge in [0.15, 0.2) is 0 Å². The van der Waals surface area contributed by atoms with Crippen LogP contribution in [0.2, 0.25) is 0 Å². The molecule has 0 aliphatic rings. The summed E-state index contributed by atoms with van der Waals surface area (Å²) >= 11 is 0. The number of hydrogen-bond acceptors (Lipinski definition) is 6. The molecule has 0 unspecified atom stereocenters. The van der Waals surface area contributed by atoms with Crippen molar-refractivity contribution in [2.24, 2.45) is 0 Å². The van der Waals surface area contributed by atoms with Gasteiger partial charge in [-0.2, -0.15) is 0 Å². The molecule has 0 amide bonds. The van der Waals surface area contributed by atoms with Crippen LogP contribution >= 0.6 is 0 Å². The Hall–Kier alpha value is -2.47. The summed E-state index contributed by atoms with van der Waals surface area (Å²) in [6, 6.07) is 9.19. The predicted octanol–water partition coefficient (Wildman–Crippen LogP) is 2.89. The summed E-state index contributed by atoms with van der Waals surface area (Å²) in [6.45, 7) is 3.61. The van der Waals surface area contributed by atoms with Crippen molar-refractivity contribution in [3.05, 3.63) is 47.4 Å². The van der Waals surface area contributed by atoms with Crippen LogP contribution < -0.4 is 9.47 Å². The number of rotatable bonds is 8. The molecule has 0 atom stereocenters. The fraction of sp³-hybridized carbons (Fsp3) is 0.389. The molecule has 130 valence electrons. The van der Waals surface area contributed by atoms with Crippen LogP contribution in [-0.4, -0.2) is 45.3 Å². The van der Waals surface area contributed by atoms with Gasteiger partial charge in [-0.3, -0.25) is 4.90 Å². The summed E-state index contributed by atoms with van der Waals surface area (Å²) in [7, 11) is 4.96. The maximum absolute atomic E-state index is 11.6. The maximum Gasteiger partial charge on any atom is 0.341 e. The Bertz CT molecular complexity index is 663. The molecule has 6 heteroatoms. The summed E-state index contributed by atoms with van der Waals surface area (Å²) in [6.07, 6.45) is 0. The number of furan rings is 1. The minimum atomic E-state index is -0.381. The van der Waals surface area contributed by atoms with Crippen molar-refractivity contribution in [2.45, 2.75) is 13.5 Å². The van der Waals surface area contributed by atoms with Crippen LogP contribution in [0.4, 0.5) is 0 Å². The van der Waals surface area contributed by atoms with Crippen LogP contribution in [0.3, 0.4) is 0 Å². The fourth-order valence-corrected chi connectivity index (χ4v) is 2.27. The van der Waals surface area contributed by atoms with E-state index in [1.54, 1.807) is 20.1 Å². The van der Waals surface area contributed by atoms with Gasteiger partial charge in [0.1, 0.15) is 35.2 Å². The van der Waals surface area contributed by atoms with E-state index in [-0.39, 0.29) is 5.97 Å². The third-order valence-corrected chi connectivity index (χ3v) is 3.60. The number of nitrogens with zero attached hydrogens (tertiary/aromatic N) is 1. The molecule has 0 bridgehead atoms. The first-order valence-corrected chi connectivity index (χ1v) is 7.66. The molecule has 2 rings (SSSR count). The van der Waals surface area contributed by atoms with Crippen LogP contribution in [-0.2, 0) is 11.3 Å². The quantitative estimate of drug-likeness (QED) is 0.692. The van der Waals surface area contributed by atoms with Crippen LogP contribution in [0.15, 0.2) is 34.7 Å². The number of aryl methyl sites for hydroxylation is 1. The van der Waals surface area contributed by atoms with E-state index in [9.17, 15) is 4.79 Å². The van der Waals surface area contributed by atoms with Crippen molar-refractivity contribution in [3.63, 3.8) is 0 Å². The molecule has 6 nitrogen and oxygen atoms in total. The van der Waals surface area contributed by atoms with Gasteiger partial charge in [0.2, 0.25) is 0 Å². The number of carbonyl (C=O) groups excluding carboxylic acids is 1. The molecule has 1 aromatic carbocycles. The Morgan fingerprint density at radius 3 is 2.46 bits per heavy atom. The van der Waals surface area contributed by atoms with E-state index in [1.165, 1.54) is 7.11 Å². The van der Waals surface area contributed by atoms with Gasteiger partial charge in [-0.05, 0) is 44.3 Å². The minimum absolute atomic E-state index is 0.381. The number of hydrogen-bond donors (Lipinski definition) is 0.